The van der Waals surface area contributed by atoms with E-state index in [4.69, 9.17) is 4.52 Å². The van der Waals surface area contributed by atoms with Crippen molar-refractivity contribution < 1.29 is 33.5 Å². The predicted molar refractivity (Wildman–Crippen MR) is 118 cm³/mol. The maximum Gasteiger partial charge on any atom is 0.352 e. The number of amides is 2. The highest BCUT2D eigenvalue weighted by molar-refractivity contribution is 8.01. The molecule has 2 aliphatic rings. The molecule has 1 fully saturated rings. The summed E-state index contributed by atoms with van der Waals surface area (Å²) in [4.78, 5) is 47.3. The van der Waals surface area contributed by atoms with Gasteiger partial charge in [-0.1, -0.05) is 11.8 Å². The van der Waals surface area contributed by atoms with Crippen molar-refractivity contribution in [3.05, 3.63) is 11.3 Å². The van der Waals surface area contributed by atoms with Crippen LogP contribution in [-0.2, 0) is 29.8 Å². The van der Waals surface area contributed by atoms with Gasteiger partial charge in [0, 0.05) is 11.5 Å². The maximum atomic E-state index is 12.6. The van der Waals surface area contributed by atoms with Crippen LogP contribution >= 0.6 is 42.9 Å². The number of aliphatic carboxylic acids is 1. The minimum atomic E-state index is -3.92. The van der Waals surface area contributed by atoms with Crippen LogP contribution in [-0.4, -0.2) is 94.4 Å². The molecule has 1 aromatic heterocycles. The van der Waals surface area contributed by atoms with Gasteiger partial charge in [0.05, 0.1) is 12.4 Å². The molecular weight excluding hydrogens is 503 g/mol. The Bertz CT molecular complexity index is 988. The molecule has 0 bridgehead atoms. The lowest BCUT2D eigenvalue weighted by Gasteiger charge is -2.49. The number of carbonyl (C=O) groups excluding carboxylic acids is 2. The van der Waals surface area contributed by atoms with Gasteiger partial charge in [-0.15, -0.1) is 16.9 Å². The van der Waals surface area contributed by atoms with Crippen molar-refractivity contribution in [3.8, 4) is 0 Å². The summed E-state index contributed by atoms with van der Waals surface area (Å²) in [5.74, 6) is -1.30. The summed E-state index contributed by atoms with van der Waals surface area (Å²) in [5.41, 5.74) is 0.361. The van der Waals surface area contributed by atoms with E-state index in [0.717, 1.165) is 16.4 Å². The summed E-state index contributed by atoms with van der Waals surface area (Å²) in [6, 6.07) is -0.757. The molecule has 0 aliphatic carbocycles. The van der Waals surface area contributed by atoms with Crippen LogP contribution in [0.4, 0.5) is 0 Å². The van der Waals surface area contributed by atoms with Gasteiger partial charge in [0.1, 0.15) is 23.4 Å². The number of rotatable bonds is 11. The van der Waals surface area contributed by atoms with E-state index >= 15 is 0 Å². The van der Waals surface area contributed by atoms with Crippen molar-refractivity contribution in [2.24, 2.45) is 0 Å². The van der Waals surface area contributed by atoms with Crippen LogP contribution in [0, 0.1) is 0 Å². The van der Waals surface area contributed by atoms with Gasteiger partial charge in [-0.2, -0.15) is 11.8 Å². The van der Waals surface area contributed by atoms with Crippen LogP contribution in [0.25, 0.3) is 0 Å². The molecule has 2 amide bonds. The lowest BCUT2D eigenvalue weighted by molar-refractivity contribution is -0.150. The molecule has 13 nitrogen and oxygen atoms in total. The number of nitrogens with one attached hydrogen (secondary N) is 1. The molecule has 176 valence electrons. The lowest BCUT2D eigenvalue weighted by atomic mass is 10.0. The van der Waals surface area contributed by atoms with Gasteiger partial charge in [-0.25, -0.2) is 9.48 Å². The van der Waals surface area contributed by atoms with Crippen LogP contribution in [0.15, 0.2) is 16.4 Å². The normalized spacial score (nSPS) is 22.2. The Hall–Kier alpha value is -1.58. The van der Waals surface area contributed by atoms with Gasteiger partial charge in [-0.05, 0) is 29.2 Å². The molecule has 0 spiro atoms. The number of hydrogen-bond donors (Lipinski definition) is 3. The zero-order valence-electron chi connectivity index (χ0n) is 17.0. The average Bonchev–Trinajstić information content (AvgIpc) is 3.15. The molecule has 32 heavy (non-hydrogen) atoms. The smallest absolute Gasteiger partial charge is 0.352 e. The molecule has 1 saturated heterocycles. The number of aromatic nitrogens is 4. The Morgan fingerprint density at radius 3 is 2.84 bits per heavy atom. The molecule has 0 aromatic carbocycles. The highest BCUT2D eigenvalue weighted by Gasteiger charge is 2.54. The molecule has 3 atom stereocenters. The third-order valence-electron chi connectivity index (χ3n) is 4.36. The third kappa shape index (κ3) is 5.48. The third-order valence-corrected chi connectivity index (χ3v) is 8.58. The first-order valence-corrected chi connectivity index (χ1v) is 14.4. The SMILES string of the molecule is CCOP(=O)(O)Cn1nnnc1SCC1=C(C(=O)O)N2C(=O)[C@@H](NC(=O)CSC)[C@H]2SC1. The fraction of sp³-hybridized carbons (Fsp3) is 0.600. The van der Waals surface area contributed by atoms with Gasteiger partial charge < -0.3 is 19.8 Å². The fourth-order valence-electron chi connectivity index (χ4n) is 3.09. The highest BCUT2D eigenvalue weighted by Crippen LogP contribution is 2.44. The van der Waals surface area contributed by atoms with E-state index in [9.17, 15) is 28.9 Å². The number of thioether (sulfide) groups is 3. The molecule has 0 radical (unpaired) electrons. The standard InChI is InChI=1S/C15H21N6O7PS3/c1-3-28-29(26,27)7-20-15(17-18-19-20)32-5-8-4-31-13-10(16-9(22)6-30-2)12(23)21(13)11(8)14(24)25/h10,13H,3-7H2,1-2H3,(H,16,22)(H,24,25)(H,26,27)/t10-,13-/m1/s1. The van der Waals surface area contributed by atoms with Crippen LogP contribution in [0.1, 0.15) is 6.92 Å². The molecule has 0 saturated carbocycles. The second-order valence-corrected chi connectivity index (χ2v) is 11.3. The van der Waals surface area contributed by atoms with E-state index in [1.165, 1.54) is 28.4 Å². The average molecular weight is 525 g/mol. The Morgan fingerprint density at radius 2 is 2.19 bits per heavy atom. The zero-order chi connectivity index (χ0) is 23.5. The van der Waals surface area contributed by atoms with Crippen molar-refractivity contribution in [2.45, 2.75) is 29.8 Å². The lowest BCUT2D eigenvalue weighted by Crippen LogP contribution is -2.70. The number of fused-ring (bicyclic) bond motifs is 1. The summed E-state index contributed by atoms with van der Waals surface area (Å²) >= 11 is 3.76. The maximum absolute atomic E-state index is 12.6. The molecule has 1 unspecified atom stereocenters. The van der Waals surface area contributed by atoms with Crippen molar-refractivity contribution in [1.82, 2.24) is 30.4 Å². The van der Waals surface area contributed by atoms with Crippen molar-refractivity contribution in [2.75, 3.05) is 30.1 Å². The fourth-order valence-corrected chi connectivity index (χ4v) is 6.91. The number of β-lactam (4-membered cyclic amide) rings is 1. The van der Waals surface area contributed by atoms with Gasteiger partial charge in [0.15, 0.2) is 0 Å². The number of hydrogen-bond acceptors (Lipinski definition) is 11. The van der Waals surface area contributed by atoms with Gasteiger partial charge in [0.2, 0.25) is 11.1 Å². The zero-order valence-corrected chi connectivity index (χ0v) is 20.4. The highest BCUT2D eigenvalue weighted by atomic mass is 32.2. The number of carbonyl (C=O) groups is 3. The van der Waals surface area contributed by atoms with Crippen LogP contribution in [0.5, 0.6) is 0 Å². The number of nitrogens with zero attached hydrogens (tertiary/aromatic N) is 5. The first kappa shape index (κ1) is 25.1. The summed E-state index contributed by atoms with van der Waals surface area (Å²) in [6.07, 6.45) is 1.32. The molecule has 1 aromatic rings. The first-order chi connectivity index (χ1) is 15.2. The molecule has 3 rings (SSSR count). The second kappa shape index (κ2) is 10.6. The minimum Gasteiger partial charge on any atom is -0.477 e. The summed E-state index contributed by atoms with van der Waals surface area (Å²) < 4.78 is 17.9. The van der Waals surface area contributed by atoms with Crippen molar-refractivity contribution >= 4 is 60.7 Å². The van der Waals surface area contributed by atoms with E-state index in [2.05, 4.69) is 20.8 Å². The largest absolute Gasteiger partial charge is 0.477 e. The number of carboxylic acid groups (broad SMARTS) is 1. The number of carboxylic acids is 1. The predicted octanol–water partition coefficient (Wildman–Crippen LogP) is 0.0462. The summed E-state index contributed by atoms with van der Waals surface area (Å²) in [5, 5.41) is 23.1. The van der Waals surface area contributed by atoms with E-state index in [1.807, 2.05) is 0 Å². The van der Waals surface area contributed by atoms with E-state index in [1.54, 1.807) is 13.2 Å². The second-order valence-electron chi connectivity index (χ2n) is 6.59. The molecular formula is C15H21N6O7PS3. The molecule has 3 heterocycles. The molecule has 2 aliphatic heterocycles. The Balaban J connectivity index is 1.72. The number of tetrazole rings is 1. The van der Waals surface area contributed by atoms with Gasteiger partial charge in [0.25, 0.3) is 5.91 Å². The van der Waals surface area contributed by atoms with Crippen LogP contribution in [0.2, 0.25) is 0 Å². The van der Waals surface area contributed by atoms with E-state index < -0.39 is 37.2 Å². The Morgan fingerprint density at radius 1 is 1.44 bits per heavy atom. The van der Waals surface area contributed by atoms with Crippen LogP contribution < -0.4 is 5.32 Å². The van der Waals surface area contributed by atoms with Crippen molar-refractivity contribution in [3.63, 3.8) is 0 Å². The van der Waals surface area contributed by atoms with Crippen molar-refractivity contribution in [1.29, 1.82) is 0 Å². The first-order valence-electron chi connectivity index (χ1n) is 9.22. The van der Waals surface area contributed by atoms with E-state index in [-0.39, 0.29) is 34.9 Å². The topological polar surface area (TPSA) is 177 Å². The molecule has 17 heteroatoms. The molecule has 3 N–H and O–H groups in total. The monoisotopic (exact) mass is 524 g/mol. The summed E-state index contributed by atoms with van der Waals surface area (Å²) in [7, 11) is -3.92. The quantitative estimate of drug-likeness (QED) is 0.201. The Labute approximate surface area is 195 Å². The van der Waals surface area contributed by atoms with Crippen LogP contribution in [0.3, 0.4) is 0 Å². The summed E-state index contributed by atoms with van der Waals surface area (Å²) in [6.45, 7) is 1.63. The Kier molecular flexibility index (Phi) is 8.27. The minimum absolute atomic E-state index is 0.0498. The van der Waals surface area contributed by atoms with Gasteiger partial charge >= 0.3 is 13.6 Å². The van der Waals surface area contributed by atoms with Gasteiger partial charge in [-0.3, -0.25) is 19.1 Å². The van der Waals surface area contributed by atoms with E-state index in [0.29, 0.717) is 11.3 Å².